The van der Waals surface area contributed by atoms with Crippen LogP contribution in [0, 0.1) is 0 Å². The van der Waals surface area contributed by atoms with Gasteiger partial charge in [-0.3, -0.25) is 0 Å². The number of nitrogens with one attached hydrogen (secondary N) is 1. The minimum Gasteiger partial charge on any atom is -0.485 e. The molecular weight excluding hydrogens is 363 g/mol. The summed E-state index contributed by atoms with van der Waals surface area (Å²) >= 11 is 18.1. The molecule has 0 saturated carbocycles. The Morgan fingerprint density at radius 2 is 1.91 bits per heavy atom. The third-order valence-corrected chi connectivity index (χ3v) is 4.15. The van der Waals surface area contributed by atoms with Gasteiger partial charge in [-0.05, 0) is 23.8 Å². The molecule has 0 atom stereocenters. The molecule has 3 aromatic rings. The molecule has 5 nitrogen and oxygen atoms in total. The fraction of sp³-hybridized carbons (Fsp3) is 0.0667. The zero-order valence-corrected chi connectivity index (χ0v) is 13.7. The molecule has 1 aromatic heterocycles. The summed E-state index contributed by atoms with van der Waals surface area (Å²) in [6.07, 6.45) is 0. The average Bonchev–Trinajstić information content (AvgIpc) is 2.93. The number of carboxylic acid groups (broad SMARTS) is 1. The Labute approximate surface area is 145 Å². The molecule has 0 amide bonds. The van der Waals surface area contributed by atoms with E-state index in [9.17, 15) is 4.79 Å². The van der Waals surface area contributed by atoms with Crippen LogP contribution in [-0.4, -0.2) is 21.0 Å². The van der Waals surface area contributed by atoms with E-state index >= 15 is 0 Å². The Morgan fingerprint density at radius 1 is 1.22 bits per heavy atom. The number of ether oxygens (including phenoxy) is 1. The first kappa shape index (κ1) is 15.9. The number of benzene rings is 2. The van der Waals surface area contributed by atoms with Crippen LogP contribution < -0.4 is 4.74 Å². The van der Waals surface area contributed by atoms with E-state index in [1.807, 2.05) is 12.1 Å². The van der Waals surface area contributed by atoms with Crippen molar-refractivity contribution in [2.24, 2.45) is 0 Å². The maximum atomic E-state index is 11.0. The lowest BCUT2D eigenvalue weighted by Gasteiger charge is -2.10. The summed E-state index contributed by atoms with van der Waals surface area (Å²) in [7, 11) is 0. The van der Waals surface area contributed by atoms with E-state index in [-0.39, 0.29) is 28.2 Å². The van der Waals surface area contributed by atoms with Crippen molar-refractivity contribution >= 4 is 51.8 Å². The molecule has 23 heavy (non-hydrogen) atoms. The van der Waals surface area contributed by atoms with E-state index in [2.05, 4.69) is 9.97 Å². The number of halogens is 3. The van der Waals surface area contributed by atoms with Crippen molar-refractivity contribution in [3.63, 3.8) is 0 Å². The topological polar surface area (TPSA) is 75.2 Å². The molecule has 8 heteroatoms. The van der Waals surface area contributed by atoms with Crippen LogP contribution in [0.1, 0.15) is 16.2 Å². The van der Waals surface area contributed by atoms with E-state index in [4.69, 9.17) is 44.6 Å². The van der Waals surface area contributed by atoms with Crippen LogP contribution in [0.15, 0.2) is 30.3 Å². The number of fused-ring (bicyclic) bond motifs is 1. The number of hydrogen-bond acceptors (Lipinski definition) is 3. The quantitative estimate of drug-likeness (QED) is 0.690. The van der Waals surface area contributed by atoms with Gasteiger partial charge in [0.15, 0.2) is 5.75 Å². The molecule has 0 aliphatic rings. The predicted octanol–water partition coefficient (Wildman–Crippen LogP) is 4.80. The minimum absolute atomic E-state index is 0.177. The van der Waals surface area contributed by atoms with Crippen LogP contribution >= 0.6 is 34.8 Å². The second-order valence-electron chi connectivity index (χ2n) is 4.70. The average molecular weight is 372 g/mol. The van der Waals surface area contributed by atoms with E-state index in [1.54, 1.807) is 12.1 Å². The maximum absolute atomic E-state index is 11.0. The molecule has 0 aliphatic carbocycles. The molecule has 0 unspecified atom stereocenters. The summed E-state index contributed by atoms with van der Waals surface area (Å²) in [5.74, 6) is -1.17. The number of imidazole rings is 1. The standard InChI is InChI=1S/C15H9Cl3N2O3/c16-8-3-1-7(2-4-8)6-23-13-11(18)9(17)5-10-12(13)20-14(19-10)15(21)22/h1-5H,6H2,(H,19,20)(H,21,22). The van der Waals surface area contributed by atoms with Crippen molar-refractivity contribution in [1.82, 2.24) is 9.97 Å². The van der Waals surface area contributed by atoms with Crippen LogP contribution in [0.25, 0.3) is 11.0 Å². The molecule has 2 aromatic carbocycles. The summed E-state index contributed by atoms with van der Waals surface area (Å²) < 4.78 is 5.71. The summed E-state index contributed by atoms with van der Waals surface area (Å²) in [4.78, 5) is 17.7. The number of H-pyrrole nitrogens is 1. The van der Waals surface area contributed by atoms with Gasteiger partial charge in [-0.25, -0.2) is 9.78 Å². The number of aromatic nitrogens is 2. The first-order valence-electron chi connectivity index (χ1n) is 6.44. The number of aromatic carboxylic acids is 1. The summed E-state index contributed by atoms with van der Waals surface area (Å²) in [5, 5.41) is 10.1. The zero-order chi connectivity index (χ0) is 16.6. The Bertz CT molecular complexity index is 891. The lowest BCUT2D eigenvalue weighted by atomic mass is 10.2. The number of carbonyl (C=O) groups is 1. The largest absolute Gasteiger partial charge is 0.485 e. The van der Waals surface area contributed by atoms with E-state index in [1.165, 1.54) is 6.07 Å². The van der Waals surface area contributed by atoms with Crippen LogP contribution in [0.2, 0.25) is 15.1 Å². The van der Waals surface area contributed by atoms with Gasteiger partial charge >= 0.3 is 5.97 Å². The summed E-state index contributed by atoms with van der Waals surface area (Å²) in [6.45, 7) is 0.210. The number of rotatable bonds is 4. The van der Waals surface area contributed by atoms with Crippen molar-refractivity contribution in [3.8, 4) is 5.75 Å². The van der Waals surface area contributed by atoms with E-state index in [0.29, 0.717) is 16.1 Å². The van der Waals surface area contributed by atoms with Crippen LogP contribution in [0.4, 0.5) is 0 Å². The smallest absolute Gasteiger partial charge is 0.371 e. The van der Waals surface area contributed by atoms with E-state index < -0.39 is 5.97 Å². The number of nitrogens with zero attached hydrogens (tertiary/aromatic N) is 1. The highest BCUT2D eigenvalue weighted by molar-refractivity contribution is 6.44. The molecule has 2 N–H and O–H groups in total. The molecule has 0 fully saturated rings. The molecule has 118 valence electrons. The first-order valence-corrected chi connectivity index (χ1v) is 7.57. The molecule has 3 rings (SSSR count). The van der Waals surface area contributed by atoms with Crippen LogP contribution in [-0.2, 0) is 6.61 Å². The van der Waals surface area contributed by atoms with Crippen molar-refractivity contribution in [2.45, 2.75) is 6.61 Å². The van der Waals surface area contributed by atoms with Gasteiger partial charge in [0.2, 0.25) is 5.82 Å². The summed E-state index contributed by atoms with van der Waals surface area (Å²) in [6, 6.07) is 8.61. The van der Waals surface area contributed by atoms with Crippen molar-refractivity contribution in [2.75, 3.05) is 0 Å². The van der Waals surface area contributed by atoms with Gasteiger partial charge in [0.25, 0.3) is 0 Å². The maximum Gasteiger partial charge on any atom is 0.371 e. The molecule has 0 spiro atoms. The third kappa shape index (κ3) is 3.22. The van der Waals surface area contributed by atoms with Crippen LogP contribution in [0.3, 0.4) is 0 Å². The van der Waals surface area contributed by atoms with Gasteiger partial charge in [-0.1, -0.05) is 46.9 Å². The Balaban J connectivity index is 1.99. The molecule has 0 aliphatic heterocycles. The molecule has 0 radical (unpaired) electrons. The second kappa shape index (κ2) is 6.28. The van der Waals surface area contributed by atoms with Crippen molar-refractivity contribution in [1.29, 1.82) is 0 Å². The fourth-order valence-corrected chi connectivity index (χ4v) is 2.56. The van der Waals surface area contributed by atoms with Crippen molar-refractivity contribution < 1.29 is 14.6 Å². The number of aromatic amines is 1. The molecule has 1 heterocycles. The van der Waals surface area contributed by atoms with Gasteiger partial charge < -0.3 is 14.8 Å². The van der Waals surface area contributed by atoms with Gasteiger partial charge in [0.05, 0.1) is 10.5 Å². The monoisotopic (exact) mass is 370 g/mol. The highest BCUT2D eigenvalue weighted by Crippen LogP contribution is 2.38. The van der Waals surface area contributed by atoms with Crippen molar-refractivity contribution in [3.05, 3.63) is 56.8 Å². The number of carboxylic acids is 1. The Morgan fingerprint density at radius 3 is 2.57 bits per heavy atom. The highest BCUT2D eigenvalue weighted by Gasteiger charge is 2.18. The fourth-order valence-electron chi connectivity index (χ4n) is 2.04. The first-order chi connectivity index (χ1) is 11.0. The van der Waals surface area contributed by atoms with Gasteiger partial charge in [0, 0.05) is 5.02 Å². The number of hydrogen-bond donors (Lipinski definition) is 2. The van der Waals surface area contributed by atoms with Gasteiger partial charge in [-0.2, -0.15) is 0 Å². The van der Waals surface area contributed by atoms with Gasteiger partial charge in [0.1, 0.15) is 17.1 Å². The second-order valence-corrected chi connectivity index (χ2v) is 5.92. The molecule has 0 bridgehead atoms. The minimum atomic E-state index is -1.18. The normalized spacial score (nSPS) is 10.9. The lowest BCUT2D eigenvalue weighted by molar-refractivity contribution is 0.0685. The summed E-state index contributed by atoms with van der Waals surface area (Å²) in [5.41, 5.74) is 1.61. The lowest BCUT2D eigenvalue weighted by Crippen LogP contribution is -1.98. The van der Waals surface area contributed by atoms with Gasteiger partial charge in [-0.15, -0.1) is 0 Å². The SMILES string of the molecule is O=C(O)c1nc2c(OCc3ccc(Cl)cc3)c(Cl)c(Cl)cc2[nH]1. The Kier molecular flexibility index (Phi) is 4.35. The molecule has 0 saturated heterocycles. The molecular formula is C15H9Cl3N2O3. The highest BCUT2D eigenvalue weighted by atomic mass is 35.5. The zero-order valence-electron chi connectivity index (χ0n) is 11.4. The third-order valence-electron chi connectivity index (χ3n) is 3.13. The van der Waals surface area contributed by atoms with E-state index in [0.717, 1.165) is 5.56 Å². The Hall–Kier alpha value is -1.95. The predicted molar refractivity (Wildman–Crippen MR) is 88.9 cm³/mol. The van der Waals surface area contributed by atoms with Crippen LogP contribution in [0.5, 0.6) is 5.75 Å².